The molecule has 2 N–H and O–H groups in total. The number of halogens is 4. The van der Waals surface area contributed by atoms with E-state index in [0.717, 1.165) is 74.3 Å². The van der Waals surface area contributed by atoms with Crippen LogP contribution in [0.15, 0.2) is 54.1 Å². The Hall–Kier alpha value is -2.28. The molecule has 0 fully saturated rings. The molecular weight excluding hydrogens is 668 g/mol. The summed E-state index contributed by atoms with van der Waals surface area (Å²) in [6.07, 6.45) is 14.2. The van der Waals surface area contributed by atoms with Crippen LogP contribution in [-0.4, -0.2) is 48.1 Å². The molecule has 2 aromatic carbocycles. The Balaban J connectivity index is 0.00000167. The van der Waals surface area contributed by atoms with E-state index in [-0.39, 0.29) is 37.2 Å². The normalized spacial score (nSPS) is 17.9. The molecule has 2 atom stereocenters. The molecular formula is C38H49Cl4N5. The van der Waals surface area contributed by atoms with Crippen LogP contribution in [0.4, 0.5) is 11.4 Å². The van der Waals surface area contributed by atoms with Crippen molar-refractivity contribution in [3.8, 4) is 0 Å². The van der Waals surface area contributed by atoms with E-state index in [4.69, 9.17) is 21.6 Å². The van der Waals surface area contributed by atoms with Gasteiger partial charge < -0.3 is 15.5 Å². The maximum atomic E-state index is 6.39. The Morgan fingerprint density at radius 3 is 2.40 bits per heavy atom. The highest BCUT2D eigenvalue weighted by Gasteiger charge is 2.33. The highest BCUT2D eigenvalue weighted by molar-refractivity contribution is 6.31. The lowest BCUT2D eigenvalue weighted by atomic mass is 9.71. The largest absolute Gasteiger partial charge is 0.384 e. The van der Waals surface area contributed by atoms with E-state index >= 15 is 0 Å². The molecule has 2 aromatic heterocycles. The number of unbranched alkanes of at least 4 members (excludes halogenated alkanes) is 1. The fraction of sp³-hybridized carbons (Fsp3) is 0.474. The van der Waals surface area contributed by atoms with Gasteiger partial charge in [-0.2, -0.15) is 0 Å². The minimum atomic E-state index is 0. The van der Waals surface area contributed by atoms with Gasteiger partial charge in [0, 0.05) is 57.2 Å². The summed E-state index contributed by atoms with van der Waals surface area (Å²) in [6, 6.07) is 14.8. The van der Waals surface area contributed by atoms with E-state index < -0.39 is 0 Å². The zero-order chi connectivity index (χ0) is 30.0. The number of hydrogen-bond donors (Lipinski definition) is 2. The van der Waals surface area contributed by atoms with Crippen molar-refractivity contribution in [2.24, 2.45) is 5.92 Å². The summed E-state index contributed by atoms with van der Waals surface area (Å²) in [6.45, 7) is 6.49. The van der Waals surface area contributed by atoms with Crippen LogP contribution in [0.3, 0.4) is 0 Å². The predicted octanol–water partition coefficient (Wildman–Crippen LogP) is 10.2. The highest BCUT2D eigenvalue weighted by atomic mass is 35.5. The maximum Gasteiger partial charge on any atom is 0.0741 e. The number of nitrogens with one attached hydrogen (secondary N) is 2. The van der Waals surface area contributed by atoms with E-state index in [1.54, 1.807) is 0 Å². The van der Waals surface area contributed by atoms with Crippen LogP contribution in [-0.2, 0) is 19.3 Å². The van der Waals surface area contributed by atoms with Crippen molar-refractivity contribution in [1.82, 2.24) is 14.9 Å². The third kappa shape index (κ3) is 8.31. The van der Waals surface area contributed by atoms with Gasteiger partial charge >= 0.3 is 0 Å². The second-order valence-corrected chi connectivity index (χ2v) is 13.9. The molecule has 0 saturated heterocycles. The summed E-state index contributed by atoms with van der Waals surface area (Å²) in [7, 11) is 2.27. The molecule has 254 valence electrons. The third-order valence-corrected chi connectivity index (χ3v) is 10.3. The van der Waals surface area contributed by atoms with Crippen molar-refractivity contribution >= 4 is 82.0 Å². The molecule has 0 amide bonds. The number of allylic oxidation sites excluding steroid dienone is 2. The summed E-state index contributed by atoms with van der Waals surface area (Å²) in [5, 5.41) is 11.0. The zero-order valence-electron chi connectivity index (χ0n) is 27.6. The molecule has 47 heavy (non-hydrogen) atoms. The number of para-hydroxylation sites is 1. The van der Waals surface area contributed by atoms with Gasteiger partial charge in [-0.1, -0.05) is 41.4 Å². The fourth-order valence-electron chi connectivity index (χ4n) is 8.04. The lowest BCUT2D eigenvalue weighted by Crippen LogP contribution is -2.26. The molecule has 4 aromatic rings. The molecule has 9 heteroatoms. The lowest BCUT2D eigenvalue weighted by Gasteiger charge is -2.36. The number of aryl methyl sites for hydroxylation is 1. The van der Waals surface area contributed by atoms with Gasteiger partial charge in [-0.05, 0) is 133 Å². The summed E-state index contributed by atoms with van der Waals surface area (Å²) >= 11 is 6.39. The Labute approximate surface area is 304 Å². The summed E-state index contributed by atoms with van der Waals surface area (Å²) in [5.41, 5.74) is 11.8. The van der Waals surface area contributed by atoms with Crippen LogP contribution in [0.25, 0.3) is 21.8 Å². The molecule has 0 aliphatic heterocycles. The highest BCUT2D eigenvalue weighted by Crippen LogP contribution is 2.47. The van der Waals surface area contributed by atoms with Crippen molar-refractivity contribution in [2.75, 3.05) is 43.9 Å². The lowest BCUT2D eigenvalue weighted by molar-refractivity contribution is 0.326. The van der Waals surface area contributed by atoms with Crippen molar-refractivity contribution in [3.63, 3.8) is 0 Å². The molecule has 7 rings (SSSR count). The van der Waals surface area contributed by atoms with Gasteiger partial charge in [-0.25, -0.2) is 0 Å². The summed E-state index contributed by atoms with van der Waals surface area (Å²) in [5.74, 6) is 1.19. The Morgan fingerprint density at radius 2 is 1.53 bits per heavy atom. The number of nitrogens with zero attached hydrogens (tertiary/aromatic N) is 3. The van der Waals surface area contributed by atoms with E-state index in [0.29, 0.717) is 11.8 Å². The number of anilines is 2. The first-order chi connectivity index (χ1) is 21.5. The number of hydrogen-bond acceptors (Lipinski definition) is 5. The number of pyridine rings is 2. The van der Waals surface area contributed by atoms with Gasteiger partial charge in [0.25, 0.3) is 0 Å². The van der Waals surface area contributed by atoms with Crippen LogP contribution >= 0.6 is 48.8 Å². The van der Waals surface area contributed by atoms with Gasteiger partial charge in [-0.15, -0.1) is 37.2 Å². The SMILES string of the molecule is CC1=C[C@@H]2Cc3nc4cc(Cl)ccc4c(NCCCN(C)CCCCNc4c5c(nc6ccccc46)CCCC5)c3[C@H](C1)C2.Cl.Cl.Cl. The van der Waals surface area contributed by atoms with E-state index in [9.17, 15) is 0 Å². The molecule has 2 heterocycles. The first-order valence-electron chi connectivity index (χ1n) is 16.9. The first-order valence-corrected chi connectivity index (χ1v) is 17.3. The molecule has 3 aliphatic rings. The Bertz CT molecular complexity index is 1710. The third-order valence-electron chi connectivity index (χ3n) is 10.1. The minimum absolute atomic E-state index is 0. The van der Waals surface area contributed by atoms with Crippen molar-refractivity contribution in [3.05, 3.63) is 81.7 Å². The average Bonchev–Trinajstić information content (AvgIpc) is 3.01. The molecule has 5 nitrogen and oxygen atoms in total. The topological polar surface area (TPSA) is 53.1 Å². The van der Waals surface area contributed by atoms with Gasteiger partial charge in [0.15, 0.2) is 0 Å². The van der Waals surface area contributed by atoms with Crippen LogP contribution in [0.5, 0.6) is 0 Å². The summed E-state index contributed by atoms with van der Waals surface area (Å²) < 4.78 is 0. The number of aromatic nitrogens is 2. The molecule has 0 radical (unpaired) electrons. The number of fused-ring (bicyclic) bond motifs is 7. The smallest absolute Gasteiger partial charge is 0.0741 e. The maximum absolute atomic E-state index is 6.39. The predicted molar refractivity (Wildman–Crippen MR) is 208 cm³/mol. The van der Waals surface area contributed by atoms with Gasteiger partial charge in [0.2, 0.25) is 0 Å². The molecule has 0 saturated carbocycles. The van der Waals surface area contributed by atoms with Crippen molar-refractivity contribution in [1.29, 1.82) is 0 Å². The van der Waals surface area contributed by atoms with Gasteiger partial charge in [0.05, 0.1) is 11.0 Å². The molecule has 0 spiro atoms. The zero-order valence-corrected chi connectivity index (χ0v) is 30.8. The van der Waals surface area contributed by atoms with Crippen LogP contribution in [0, 0.1) is 5.92 Å². The number of rotatable bonds is 11. The van der Waals surface area contributed by atoms with Crippen LogP contribution in [0.1, 0.15) is 80.3 Å². The van der Waals surface area contributed by atoms with Gasteiger partial charge in [0.1, 0.15) is 0 Å². The van der Waals surface area contributed by atoms with E-state index in [1.807, 2.05) is 12.1 Å². The molecule has 2 bridgehead atoms. The van der Waals surface area contributed by atoms with Crippen molar-refractivity contribution in [2.45, 2.75) is 77.0 Å². The number of benzene rings is 2. The molecule has 0 unspecified atom stereocenters. The van der Waals surface area contributed by atoms with Gasteiger partial charge in [-0.3, -0.25) is 9.97 Å². The fourth-order valence-corrected chi connectivity index (χ4v) is 8.21. The second-order valence-electron chi connectivity index (χ2n) is 13.5. The Morgan fingerprint density at radius 1 is 0.809 bits per heavy atom. The molecule has 3 aliphatic carbocycles. The van der Waals surface area contributed by atoms with E-state index in [2.05, 4.69) is 65.9 Å². The van der Waals surface area contributed by atoms with Crippen LogP contribution in [0.2, 0.25) is 5.02 Å². The Kier molecular flexibility index (Phi) is 13.5. The standard InChI is InChI=1S/C38H46ClN5.3ClH/c1-25-20-26-22-27(21-25)36-35(23-26)43-34-24-28(39)14-15-31(34)38(36)41-17-9-19-44(2)18-8-7-16-40-37-29-10-3-5-12-32(29)42-33-13-6-4-11-30(33)37;;;/h3,5,10,12,14-15,20,24,26-27H,4,6-9,11,13,16-19,21-23H2,1-2H3,(H,40,42)(H,41,43);3*1H/t26-,27+;;;/m0.../s1. The summed E-state index contributed by atoms with van der Waals surface area (Å²) in [4.78, 5) is 12.6. The minimum Gasteiger partial charge on any atom is -0.384 e. The van der Waals surface area contributed by atoms with E-state index in [1.165, 1.54) is 82.3 Å². The van der Waals surface area contributed by atoms with Crippen molar-refractivity contribution < 1.29 is 0 Å². The monoisotopic (exact) mass is 715 g/mol. The average molecular weight is 718 g/mol. The first kappa shape index (κ1) is 37.5. The quantitative estimate of drug-likeness (QED) is 0.120. The van der Waals surface area contributed by atoms with Crippen LogP contribution < -0.4 is 10.6 Å². The second kappa shape index (κ2) is 16.9.